The van der Waals surface area contributed by atoms with Gasteiger partial charge in [0.2, 0.25) is 5.91 Å². The highest BCUT2D eigenvalue weighted by Gasteiger charge is 2.26. The quantitative estimate of drug-likeness (QED) is 0.741. The summed E-state index contributed by atoms with van der Waals surface area (Å²) in [5.41, 5.74) is 4.73. The van der Waals surface area contributed by atoms with Gasteiger partial charge in [-0.2, -0.15) is 0 Å². The van der Waals surface area contributed by atoms with E-state index in [1.165, 1.54) is 35.4 Å². The van der Waals surface area contributed by atoms with Crippen molar-refractivity contribution in [2.75, 3.05) is 6.54 Å². The molecule has 1 aliphatic heterocycles. The van der Waals surface area contributed by atoms with Crippen molar-refractivity contribution in [1.29, 1.82) is 0 Å². The second kappa shape index (κ2) is 7.30. The van der Waals surface area contributed by atoms with E-state index >= 15 is 0 Å². The molecule has 4 rings (SSSR count). The molecule has 1 atom stereocenters. The first kappa shape index (κ1) is 16.8. The van der Waals surface area contributed by atoms with Crippen molar-refractivity contribution < 1.29 is 4.79 Å². The van der Waals surface area contributed by atoms with E-state index < -0.39 is 0 Å². The Hall–Kier alpha value is -2.66. The molecule has 3 heterocycles. The van der Waals surface area contributed by atoms with Crippen molar-refractivity contribution in [3.63, 3.8) is 0 Å². The number of aromatic nitrogens is 2. The van der Waals surface area contributed by atoms with E-state index in [4.69, 9.17) is 0 Å². The Balaban J connectivity index is 1.50. The Morgan fingerprint density at radius 2 is 2.23 bits per heavy atom. The van der Waals surface area contributed by atoms with Gasteiger partial charge in [0.25, 0.3) is 0 Å². The molecule has 0 aliphatic carbocycles. The summed E-state index contributed by atoms with van der Waals surface area (Å²) in [6.45, 7) is 4.07. The summed E-state index contributed by atoms with van der Waals surface area (Å²) in [6.07, 6.45) is 6.21. The average molecular weight is 348 g/mol. The van der Waals surface area contributed by atoms with Gasteiger partial charge in [0, 0.05) is 37.4 Å². The fraction of sp³-hybridized carbons (Fsp3) is 0.333. The fourth-order valence-electron chi connectivity index (χ4n) is 3.84. The lowest BCUT2D eigenvalue weighted by Gasteiger charge is -2.25. The summed E-state index contributed by atoms with van der Waals surface area (Å²) in [5, 5.41) is 4.08. The molecular formula is C21H24N4O. The smallest absolute Gasteiger partial charge is 0.217 e. The number of nitrogens with zero attached hydrogens (tertiary/aromatic N) is 2. The van der Waals surface area contributed by atoms with Crippen LogP contribution in [0.25, 0.3) is 10.9 Å². The SMILES string of the molecule is CC(=O)NCc1cc(C2CCCN2Cc2ccc3cc[nH]c3c2)ccn1. The van der Waals surface area contributed by atoms with Crippen LogP contribution >= 0.6 is 0 Å². The first-order valence-corrected chi connectivity index (χ1v) is 9.18. The monoisotopic (exact) mass is 348 g/mol. The first-order chi connectivity index (χ1) is 12.7. The highest BCUT2D eigenvalue weighted by atomic mass is 16.1. The van der Waals surface area contributed by atoms with E-state index in [9.17, 15) is 4.79 Å². The largest absolute Gasteiger partial charge is 0.361 e. The minimum Gasteiger partial charge on any atom is -0.361 e. The minimum atomic E-state index is -0.0283. The van der Waals surface area contributed by atoms with Crippen molar-refractivity contribution in [3.05, 3.63) is 65.6 Å². The Labute approximate surface area is 153 Å². The Morgan fingerprint density at radius 1 is 1.31 bits per heavy atom. The number of pyridine rings is 1. The number of carbonyl (C=O) groups excluding carboxylic acids is 1. The summed E-state index contributed by atoms with van der Waals surface area (Å²) >= 11 is 0. The summed E-state index contributed by atoms with van der Waals surface area (Å²) < 4.78 is 0. The Morgan fingerprint density at radius 3 is 3.12 bits per heavy atom. The summed E-state index contributed by atoms with van der Waals surface area (Å²) in [7, 11) is 0. The van der Waals surface area contributed by atoms with Gasteiger partial charge < -0.3 is 10.3 Å². The van der Waals surface area contributed by atoms with Crippen LogP contribution in [-0.2, 0) is 17.9 Å². The van der Waals surface area contributed by atoms with E-state index in [1.807, 2.05) is 12.4 Å². The zero-order valence-electron chi connectivity index (χ0n) is 15.0. The molecule has 0 bridgehead atoms. The number of aromatic amines is 1. The van der Waals surface area contributed by atoms with Crippen molar-refractivity contribution in [2.24, 2.45) is 0 Å². The lowest BCUT2D eigenvalue weighted by atomic mass is 10.0. The van der Waals surface area contributed by atoms with Crippen LogP contribution in [0.4, 0.5) is 0 Å². The maximum absolute atomic E-state index is 11.1. The molecule has 1 saturated heterocycles. The van der Waals surface area contributed by atoms with Gasteiger partial charge in [0.05, 0.1) is 12.2 Å². The van der Waals surface area contributed by atoms with E-state index in [0.717, 1.165) is 25.2 Å². The van der Waals surface area contributed by atoms with Crippen molar-refractivity contribution in [2.45, 2.75) is 38.9 Å². The molecule has 5 nitrogen and oxygen atoms in total. The molecule has 2 aromatic heterocycles. The van der Waals surface area contributed by atoms with Gasteiger partial charge in [-0.1, -0.05) is 12.1 Å². The minimum absolute atomic E-state index is 0.0283. The number of carbonyl (C=O) groups is 1. The predicted octanol–water partition coefficient (Wildman–Crippen LogP) is 3.54. The van der Waals surface area contributed by atoms with Gasteiger partial charge in [-0.3, -0.25) is 14.7 Å². The van der Waals surface area contributed by atoms with Crippen LogP contribution in [0.3, 0.4) is 0 Å². The molecule has 26 heavy (non-hydrogen) atoms. The molecule has 1 amide bonds. The molecular weight excluding hydrogens is 324 g/mol. The van der Waals surface area contributed by atoms with Crippen LogP contribution in [0.1, 0.15) is 42.6 Å². The molecule has 0 saturated carbocycles. The number of H-pyrrole nitrogens is 1. The van der Waals surface area contributed by atoms with Crippen LogP contribution in [0.2, 0.25) is 0 Å². The topological polar surface area (TPSA) is 61.0 Å². The van der Waals surface area contributed by atoms with Crippen LogP contribution in [0.5, 0.6) is 0 Å². The third-order valence-electron chi connectivity index (χ3n) is 5.11. The van der Waals surface area contributed by atoms with E-state index in [1.54, 1.807) is 0 Å². The number of hydrogen-bond acceptors (Lipinski definition) is 3. The highest BCUT2D eigenvalue weighted by Crippen LogP contribution is 2.33. The molecule has 134 valence electrons. The maximum atomic E-state index is 11.1. The number of likely N-dealkylation sites (tertiary alicyclic amines) is 1. The Bertz CT molecular complexity index is 917. The molecule has 1 aliphatic rings. The number of rotatable bonds is 5. The number of nitrogens with one attached hydrogen (secondary N) is 2. The molecule has 3 aromatic rings. The highest BCUT2D eigenvalue weighted by molar-refractivity contribution is 5.79. The third-order valence-corrected chi connectivity index (χ3v) is 5.11. The number of hydrogen-bond donors (Lipinski definition) is 2. The first-order valence-electron chi connectivity index (χ1n) is 9.18. The van der Waals surface area contributed by atoms with E-state index in [-0.39, 0.29) is 5.91 Å². The maximum Gasteiger partial charge on any atom is 0.217 e. The lowest BCUT2D eigenvalue weighted by Crippen LogP contribution is -2.23. The zero-order chi connectivity index (χ0) is 17.9. The van der Waals surface area contributed by atoms with Crippen LogP contribution in [0, 0.1) is 0 Å². The number of fused-ring (bicyclic) bond motifs is 1. The molecule has 1 aromatic carbocycles. The predicted molar refractivity (Wildman–Crippen MR) is 102 cm³/mol. The molecule has 0 radical (unpaired) electrons. The second-order valence-corrected chi connectivity index (χ2v) is 7.02. The van der Waals surface area contributed by atoms with Gasteiger partial charge in [-0.15, -0.1) is 0 Å². The lowest BCUT2D eigenvalue weighted by molar-refractivity contribution is -0.119. The van der Waals surface area contributed by atoms with Crippen molar-refractivity contribution in [1.82, 2.24) is 20.2 Å². The standard InChI is InChI=1S/C21H24N4O/c1-15(26)24-13-19-12-18(7-8-22-19)21-3-2-10-25(21)14-16-4-5-17-6-9-23-20(17)11-16/h4-9,11-12,21,23H,2-3,10,13-14H2,1H3,(H,24,26). The molecule has 0 spiro atoms. The molecule has 1 unspecified atom stereocenters. The van der Waals surface area contributed by atoms with E-state index in [2.05, 4.69) is 56.6 Å². The van der Waals surface area contributed by atoms with Gasteiger partial charge in [0.1, 0.15) is 0 Å². The van der Waals surface area contributed by atoms with Gasteiger partial charge in [-0.25, -0.2) is 0 Å². The second-order valence-electron chi connectivity index (χ2n) is 7.02. The molecule has 5 heteroatoms. The summed E-state index contributed by atoms with van der Waals surface area (Å²) in [4.78, 5) is 21.4. The summed E-state index contributed by atoms with van der Waals surface area (Å²) in [5.74, 6) is -0.0283. The molecule has 1 fully saturated rings. The third kappa shape index (κ3) is 3.63. The van der Waals surface area contributed by atoms with Gasteiger partial charge in [-0.05, 0) is 60.2 Å². The fourth-order valence-corrected chi connectivity index (χ4v) is 3.84. The average Bonchev–Trinajstić information content (AvgIpc) is 3.29. The van der Waals surface area contributed by atoms with Crippen LogP contribution in [-0.4, -0.2) is 27.3 Å². The van der Waals surface area contributed by atoms with E-state index in [0.29, 0.717) is 12.6 Å². The number of amides is 1. The normalized spacial score (nSPS) is 17.7. The van der Waals surface area contributed by atoms with Crippen LogP contribution in [0.15, 0.2) is 48.8 Å². The van der Waals surface area contributed by atoms with Gasteiger partial charge >= 0.3 is 0 Å². The molecule has 2 N–H and O–H groups in total. The number of benzene rings is 1. The zero-order valence-corrected chi connectivity index (χ0v) is 15.0. The summed E-state index contributed by atoms with van der Waals surface area (Å²) in [6, 6.07) is 13.4. The van der Waals surface area contributed by atoms with Crippen LogP contribution < -0.4 is 5.32 Å². The van der Waals surface area contributed by atoms with Gasteiger partial charge in [0.15, 0.2) is 0 Å². The Kier molecular flexibility index (Phi) is 4.71. The van der Waals surface area contributed by atoms with Crippen molar-refractivity contribution in [3.8, 4) is 0 Å². The van der Waals surface area contributed by atoms with Crippen molar-refractivity contribution >= 4 is 16.8 Å².